The lowest BCUT2D eigenvalue weighted by Gasteiger charge is -2.57. The van der Waals surface area contributed by atoms with Crippen LogP contribution in [0.3, 0.4) is 0 Å². The van der Waals surface area contributed by atoms with Gasteiger partial charge in [-0.05, 0) is 37.2 Å². The summed E-state index contributed by atoms with van der Waals surface area (Å²) in [6, 6.07) is 0. The lowest BCUT2D eigenvalue weighted by molar-refractivity contribution is -0.129. The number of Topliss-reactive ketones (excluding diaryl/α,β-unsaturated/α-hetero) is 1. The van der Waals surface area contributed by atoms with E-state index in [2.05, 4.69) is 0 Å². The van der Waals surface area contributed by atoms with Gasteiger partial charge in [-0.2, -0.15) is 0 Å². The van der Waals surface area contributed by atoms with Crippen molar-refractivity contribution in [3.63, 3.8) is 0 Å². The summed E-state index contributed by atoms with van der Waals surface area (Å²) in [5, 5.41) is 20.9. The van der Waals surface area contributed by atoms with E-state index in [-0.39, 0.29) is 17.8 Å². The summed E-state index contributed by atoms with van der Waals surface area (Å²) in [4.78, 5) is 12.4. The number of hydrogen-bond donors (Lipinski definition) is 2. The van der Waals surface area contributed by atoms with Gasteiger partial charge in [0.15, 0.2) is 5.78 Å². The molecule has 2 N–H and O–H groups in total. The maximum absolute atomic E-state index is 12.4. The Morgan fingerprint density at radius 1 is 1.39 bits per heavy atom. The number of hydrogen-bond acceptors (Lipinski definition) is 3. The maximum atomic E-state index is 12.4. The molecule has 3 rings (SSSR count). The molecule has 3 heteroatoms. The molecule has 3 aliphatic rings. The summed E-state index contributed by atoms with van der Waals surface area (Å²) in [5.74, 6) is -0.0261. The molecular formula is C15H20O3. The average Bonchev–Trinajstić information content (AvgIpc) is 2.47. The van der Waals surface area contributed by atoms with Gasteiger partial charge >= 0.3 is 0 Å². The van der Waals surface area contributed by atoms with Crippen LogP contribution in [0.1, 0.15) is 40.0 Å². The van der Waals surface area contributed by atoms with Crippen molar-refractivity contribution in [2.45, 2.75) is 45.6 Å². The molecule has 1 saturated carbocycles. The Morgan fingerprint density at radius 3 is 2.56 bits per heavy atom. The van der Waals surface area contributed by atoms with Gasteiger partial charge in [0.05, 0.1) is 6.61 Å². The van der Waals surface area contributed by atoms with Gasteiger partial charge in [0.1, 0.15) is 5.60 Å². The van der Waals surface area contributed by atoms with Crippen molar-refractivity contribution in [2.24, 2.45) is 10.8 Å². The SMILES string of the molecule is CC1=C2CC[C@]2(CO)[C@@]2(O)CC(C)(C)C=C2C1=O. The van der Waals surface area contributed by atoms with Gasteiger partial charge in [0, 0.05) is 11.0 Å². The topological polar surface area (TPSA) is 57.5 Å². The minimum atomic E-state index is -1.16. The van der Waals surface area contributed by atoms with Crippen LogP contribution in [0.4, 0.5) is 0 Å². The molecule has 0 unspecified atom stereocenters. The van der Waals surface area contributed by atoms with E-state index in [1.165, 1.54) is 0 Å². The number of ketones is 1. The third-order valence-electron chi connectivity index (χ3n) is 5.17. The largest absolute Gasteiger partial charge is 0.395 e. The van der Waals surface area contributed by atoms with E-state index in [0.717, 1.165) is 24.0 Å². The first-order valence-electron chi connectivity index (χ1n) is 6.59. The molecule has 3 aliphatic carbocycles. The predicted molar refractivity (Wildman–Crippen MR) is 67.9 cm³/mol. The fourth-order valence-electron chi connectivity index (χ4n) is 4.20. The van der Waals surface area contributed by atoms with Crippen molar-refractivity contribution in [3.05, 3.63) is 22.8 Å². The van der Waals surface area contributed by atoms with Gasteiger partial charge in [0.2, 0.25) is 0 Å². The molecule has 1 fully saturated rings. The Hall–Kier alpha value is -0.930. The van der Waals surface area contributed by atoms with Crippen LogP contribution in [0.25, 0.3) is 0 Å². The molecule has 0 aromatic carbocycles. The molecule has 98 valence electrons. The second kappa shape index (κ2) is 3.14. The molecule has 0 radical (unpaired) electrons. The highest BCUT2D eigenvalue weighted by Gasteiger charge is 2.66. The molecule has 0 amide bonds. The fraction of sp³-hybridized carbons (Fsp3) is 0.667. The molecule has 0 aliphatic heterocycles. The lowest BCUT2D eigenvalue weighted by Crippen LogP contribution is -2.61. The lowest BCUT2D eigenvalue weighted by atomic mass is 9.49. The summed E-state index contributed by atoms with van der Waals surface area (Å²) in [7, 11) is 0. The first-order chi connectivity index (χ1) is 8.27. The van der Waals surface area contributed by atoms with Crippen molar-refractivity contribution < 1.29 is 15.0 Å². The van der Waals surface area contributed by atoms with Crippen LogP contribution >= 0.6 is 0 Å². The van der Waals surface area contributed by atoms with Gasteiger partial charge in [-0.25, -0.2) is 0 Å². The van der Waals surface area contributed by atoms with Gasteiger partial charge < -0.3 is 10.2 Å². The van der Waals surface area contributed by atoms with Crippen LogP contribution in [0.5, 0.6) is 0 Å². The third-order valence-corrected chi connectivity index (χ3v) is 5.17. The summed E-state index contributed by atoms with van der Waals surface area (Å²) >= 11 is 0. The molecule has 2 atom stereocenters. The predicted octanol–water partition coefficient (Wildman–Crippen LogP) is 1.75. The zero-order chi connectivity index (χ0) is 13.3. The van der Waals surface area contributed by atoms with E-state index in [1.807, 2.05) is 26.8 Å². The number of carbonyl (C=O) groups excluding carboxylic acids is 1. The second-order valence-corrected chi connectivity index (χ2v) is 6.76. The van der Waals surface area contributed by atoms with Crippen molar-refractivity contribution in [1.82, 2.24) is 0 Å². The average molecular weight is 248 g/mol. The first-order valence-corrected chi connectivity index (χ1v) is 6.59. The van der Waals surface area contributed by atoms with Crippen molar-refractivity contribution in [3.8, 4) is 0 Å². The number of aliphatic hydroxyl groups excluding tert-OH is 1. The Morgan fingerprint density at radius 2 is 2.06 bits per heavy atom. The quantitative estimate of drug-likeness (QED) is 0.743. The van der Waals surface area contributed by atoms with Crippen LogP contribution in [-0.2, 0) is 4.79 Å². The van der Waals surface area contributed by atoms with Crippen LogP contribution in [0.2, 0.25) is 0 Å². The zero-order valence-corrected chi connectivity index (χ0v) is 11.2. The normalized spacial score (nSPS) is 41.2. The number of aliphatic hydroxyl groups is 2. The van der Waals surface area contributed by atoms with Crippen molar-refractivity contribution in [2.75, 3.05) is 6.61 Å². The molecular weight excluding hydrogens is 228 g/mol. The highest BCUT2D eigenvalue weighted by atomic mass is 16.3. The van der Waals surface area contributed by atoms with E-state index in [0.29, 0.717) is 12.0 Å². The summed E-state index contributed by atoms with van der Waals surface area (Å²) < 4.78 is 0. The highest BCUT2D eigenvalue weighted by Crippen LogP contribution is 2.65. The van der Waals surface area contributed by atoms with Gasteiger partial charge in [-0.1, -0.05) is 25.5 Å². The first kappa shape index (κ1) is 12.1. The summed E-state index contributed by atoms with van der Waals surface area (Å²) in [5.41, 5.74) is 0.298. The molecule has 0 aromatic heterocycles. The highest BCUT2D eigenvalue weighted by molar-refractivity contribution is 6.12. The molecule has 0 bridgehead atoms. The second-order valence-electron chi connectivity index (χ2n) is 6.76. The Balaban J connectivity index is 2.25. The standard InChI is InChI=1S/C15H20O3/c1-9-10-4-5-14(10,8-16)15(18)7-13(2,3)6-11(15)12(9)17/h6,16,18H,4-5,7-8H2,1-3H3/t14-,15-/m1/s1. The maximum Gasteiger partial charge on any atom is 0.187 e. The minimum absolute atomic E-state index is 0.0261. The molecule has 3 nitrogen and oxygen atoms in total. The molecule has 0 saturated heterocycles. The fourth-order valence-corrected chi connectivity index (χ4v) is 4.20. The van der Waals surface area contributed by atoms with E-state index in [1.54, 1.807) is 0 Å². The van der Waals surface area contributed by atoms with E-state index < -0.39 is 11.0 Å². The van der Waals surface area contributed by atoms with E-state index in [9.17, 15) is 15.0 Å². The molecule has 0 aromatic rings. The van der Waals surface area contributed by atoms with Crippen molar-refractivity contribution >= 4 is 5.78 Å². The van der Waals surface area contributed by atoms with Crippen molar-refractivity contribution in [1.29, 1.82) is 0 Å². The summed E-state index contributed by atoms with van der Waals surface area (Å²) in [6.45, 7) is 5.81. The Labute approximate surface area is 107 Å². The number of carbonyl (C=O) groups is 1. The summed E-state index contributed by atoms with van der Waals surface area (Å²) in [6.07, 6.45) is 4.03. The van der Waals surface area contributed by atoms with Crippen LogP contribution < -0.4 is 0 Å². The monoisotopic (exact) mass is 248 g/mol. The minimum Gasteiger partial charge on any atom is -0.395 e. The van der Waals surface area contributed by atoms with E-state index >= 15 is 0 Å². The Kier molecular flexibility index (Phi) is 2.12. The van der Waals surface area contributed by atoms with Crippen LogP contribution in [0, 0.1) is 10.8 Å². The van der Waals surface area contributed by atoms with Crippen LogP contribution in [-0.4, -0.2) is 28.2 Å². The molecule has 0 spiro atoms. The number of rotatable bonds is 1. The van der Waals surface area contributed by atoms with Gasteiger partial charge in [-0.3, -0.25) is 4.79 Å². The third kappa shape index (κ3) is 1.10. The van der Waals surface area contributed by atoms with E-state index in [4.69, 9.17) is 0 Å². The number of fused-ring (bicyclic) bond motifs is 3. The smallest absolute Gasteiger partial charge is 0.187 e. The molecule has 0 heterocycles. The van der Waals surface area contributed by atoms with Gasteiger partial charge in [-0.15, -0.1) is 0 Å². The Bertz CT molecular complexity index is 508. The molecule has 18 heavy (non-hydrogen) atoms. The zero-order valence-electron chi connectivity index (χ0n) is 11.2. The van der Waals surface area contributed by atoms with Gasteiger partial charge in [0.25, 0.3) is 0 Å². The van der Waals surface area contributed by atoms with Crippen LogP contribution in [0.15, 0.2) is 22.8 Å². The number of allylic oxidation sites excluding steroid dienone is 2.